The fourth-order valence-electron chi connectivity index (χ4n) is 14.8. The van der Waals surface area contributed by atoms with Gasteiger partial charge in [-0.15, -0.1) is 51.1 Å². The van der Waals surface area contributed by atoms with E-state index in [0.717, 1.165) is 74.0 Å². The molecule has 734 valence electrons. The predicted molar refractivity (Wildman–Crippen MR) is 569 cm³/mol. The van der Waals surface area contributed by atoms with Gasteiger partial charge in [-0.3, -0.25) is 9.59 Å². The van der Waals surface area contributed by atoms with Crippen molar-refractivity contribution in [3.8, 4) is 28.7 Å². The molecule has 0 spiro atoms. The molecule has 12 aromatic rings. The van der Waals surface area contributed by atoms with Crippen LogP contribution in [0.2, 0.25) is 5.02 Å². The highest BCUT2D eigenvalue weighted by atomic mass is 35.5. The lowest BCUT2D eigenvalue weighted by atomic mass is 9.72. The number of hydrogen-bond donors (Lipinski definition) is 10. The van der Waals surface area contributed by atoms with Gasteiger partial charge in [-0.2, -0.15) is 0 Å². The summed E-state index contributed by atoms with van der Waals surface area (Å²) < 4.78 is 10.1. The summed E-state index contributed by atoms with van der Waals surface area (Å²) in [7, 11) is 1.36. The third kappa shape index (κ3) is 32.2. The van der Waals surface area contributed by atoms with Gasteiger partial charge in [0.05, 0.1) is 42.2 Å². The van der Waals surface area contributed by atoms with Crippen LogP contribution in [0.25, 0.3) is 0 Å². The van der Waals surface area contributed by atoms with Crippen LogP contribution in [0.3, 0.4) is 0 Å². The molecule has 0 amide bonds. The summed E-state index contributed by atoms with van der Waals surface area (Å²) in [4.78, 5) is 23.6. The zero-order valence-corrected chi connectivity index (χ0v) is 85.7. The number of azo groups is 5. The summed E-state index contributed by atoms with van der Waals surface area (Å²) in [5.74, 6) is 0.133. The topological polar surface area (TPSA) is 407 Å². The predicted octanol–water partition coefficient (Wildman–Crippen LogP) is 32.0. The van der Waals surface area contributed by atoms with Crippen LogP contribution in [0.5, 0.6) is 28.7 Å². The number of aryl methyl sites for hydroxylation is 3. The fourth-order valence-corrected chi connectivity index (χ4v) is 15.0. The lowest BCUT2D eigenvalue weighted by Crippen LogP contribution is -2.23. The average molecular weight is 1900 g/mol. The summed E-state index contributed by atoms with van der Waals surface area (Å²) in [6.45, 7) is 44.1. The Bertz CT molecular complexity index is 6320. The van der Waals surface area contributed by atoms with Crippen molar-refractivity contribution < 1.29 is 44.6 Å². The van der Waals surface area contributed by atoms with Gasteiger partial charge in [0, 0.05) is 56.5 Å². The Hall–Kier alpha value is -14.1. The number of nitrogens with zero attached hydrogens (tertiary/aromatic N) is 10. The summed E-state index contributed by atoms with van der Waals surface area (Å²) in [5, 5.41) is 97.0. The second kappa shape index (κ2) is 49.2. The van der Waals surface area contributed by atoms with Crippen LogP contribution in [-0.4, -0.2) is 51.2 Å². The Balaban J connectivity index is 0.000000215. The van der Waals surface area contributed by atoms with Crippen LogP contribution >= 0.6 is 11.6 Å². The van der Waals surface area contributed by atoms with E-state index in [2.05, 4.69) is 164 Å². The standard InChI is InChI=1S/C30H31N3O.C27H39N3O3.C20H25N3O3.C20H27N3O.C17H20ClN3O/c1-29(2,21-13-7-5-8-14-21)23-19-24(30(3,4)22-15-9-6-10-16-22)28(34)27(20-23)33-32-26-18-12-11-17-25(26)31;1-5-6-7-8-9-12-17-33-25(31)16-15-20-18-21(27(2,3)4)26(32)24(19-20)30-29-23-14-11-10-13-22(23)28;1-20(2,3)14-11-13(9-10-18(24)26-4)12-17(19(14)25)23-22-16-8-6-5-7-15(16)21;1-19(2,3)13-11-14(20(4,5)6)18(24)17(12-13)23-22-16-10-8-7-9-15(16)21;1-10-7-12(17(2,3)4)16(22)15(8-10)21-20-14-9-11(18)5-6-13(14)19/h5-20,34H,31H2,1-4H3;10-11,13-14,18-19,32H,5-9,12,15-17,28H2,1-4H3;5-8,11-12,25H,9-10,21H2,1-4H3;7-12,24H,21H2,1-6H3;5-9,22H,19H2,1-4H3. The number of ether oxygens (including phenoxy) is 2. The molecule has 15 N–H and O–H groups in total. The number of unbranched alkanes of at least 4 members (excludes halogenated alkanes) is 5. The molecular formula is C114H142ClN15O9. The van der Waals surface area contributed by atoms with Crippen molar-refractivity contribution in [1.29, 1.82) is 0 Å². The first-order chi connectivity index (χ1) is 65.3. The molecule has 0 aliphatic heterocycles. The van der Waals surface area contributed by atoms with Gasteiger partial charge in [-0.1, -0.05) is 322 Å². The molecular weight excluding hydrogens is 1760 g/mol. The Labute approximate surface area is 826 Å². The molecule has 0 fully saturated rings. The summed E-state index contributed by atoms with van der Waals surface area (Å²) in [6, 6.07) is 73.5. The van der Waals surface area contributed by atoms with Crippen molar-refractivity contribution in [3.05, 3.63) is 308 Å². The van der Waals surface area contributed by atoms with Crippen molar-refractivity contribution in [2.75, 3.05) is 42.4 Å². The Morgan fingerprint density at radius 1 is 0.302 bits per heavy atom. The highest BCUT2D eigenvalue weighted by Gasteiger charge is 2.34. The molecule has 25 heteroatoms. The molecule has 0 radical (unpaired) electrons. The molecule has 12 aromatic carbocycles. The Kier molecular flexibility index (Phi) is 39.0. The molecule has 12 rings (SSSR count). The van der Waals surface area contributed by atoms with Gasteiger partial charge in [0.2, 0.25) is 0 Å². The molecule has 0 aliphatic rings. The summed E-state index contributed by atoms with van der Waals surface area (Å²) >= 11 is 5.93. The summed E-state index contributed by atoms with van der Waals surface area (Å²) in [5.41, 5.74) is 46.4. The number of halogens is 1. The van der Waals surface area contributed by atoms with E-state index in [9.17, 15) is 35.1 Å². The lowest BCUT2D eigenvalue weighted by molar-refractivity contribution is -0.144. The number of hydrogen-bond acceptors (Lipinski definition) is 24. The largest absolute Gasteiger partial charge is 0.505 e. The Morgan fingerprint density at radius 2 is 0.612 bits per heavy atom. The molecule has 24 nitrogen and oxygen atoms in total. The molecule has 0 atom stereocenters. The number of benzene rings is 12. The smallest absolute Gasteiger partial charge is 0.306 e. The third-order valence-electron chi connectivity index (χ3n) is 23.5. The lowest BCUT2D eigenvalue weighted by Gasteiger charge is -2.32. The molecule has 0 saturated heterocycles. The number of methoxy groups -OCH3 is 1. The normalized spacial score (nSPS) is 12.1. The van der Waals surface area contributed by atoms with Gasteiger partial charge in [0.25, 0.3) is 0 Å². The number of phenols is 5. The maximum atomic E-state index is 12.2. The first-order valence-electron chi connectivity index (χ1n) is 47.0. The molecule has 0 bridgehead atoms. The minimum Gasteiger partial charge on any atom is -0.505 e. The maximum absolute atomic E-state index is 12.2. The monoisotopic (exact) mass is 1900 g/mol. The number of anilines is 5. The van der Waals surface area contributed by atoms with Crippen molar-refractivity contribution >= 4 is 109 Å². The van der Waals surface area contributed by atoms with E-state index in [0.29, 0.717) is 110 Å². The molecule has 0 unspecified atom stereocenters. The molecule has 0 aliphatic carbocycles. The first-order valence-corrected chi connectivity index (χ1v) is 47.4. The van der Waals surface area contributed by atoms with Gasteiger partial charge in [0.15, 0.2) is 0 Å². The van der Waals surface area contributed by atoms with Gasteiger partial charge in [-0.25, -0.2) is 0 Å². The quantitative estimate of drug-likeness (QED) is 0.00990. The number of esters is 2. The van der Waals surface area contributed by atoms with E-state index in [4.69, 9.17) is 49.7 Å². The number of para-hydroxylation sites is 4. The third-order valence-corrected chi connectivity index (χ3v) is 23.7. The van der Waals surface area contributed by atoms with E-state index < -0.39 is 5.41 Å². The average Bonchev–Trinajstić information content (AvgIpc) is 0.749. The van der Waals surface area contributed by atoms with Crippen LogP contribution in [0.15, 0.2) is 288 Å². The van der Waals surface area contributed by atoms with E-state index in [-0.39, 0.29) is 86.0 Å². The number of nitrogen functional groups attached to an aromatic ring is 5. The van der Waals surface area contributed by atoms with Crippen molar-refractivity contribution in [1.82, 2.24) is 0 Å². The highest BCUT2D eigenvalue weighted by Crippen LogP contribution is 2.50. The number of rotatable bonds is 27. The van der Waals surface area contributed by atoms with Gasteiger partial charge < -0.3 is 63.7 Å². The second-order valence-corrected chi connectivity index (χ2v) is 41.2. The van der Waals surface area contributed by atoms with Crippen molar-refractivity contribution in [3.63, 3.8) is 0 Å². The first kappa shape index (κ1) is 110. The minimum absolute atomic E-state index is 0.0518. The van der Waals surface area contributed by atoms with Gasteiger partial charge in [0.1, 0.15) is 85.6 Å². The van der Waals surface area contributed by atoms with E-state index in [1.807, 2.05) is 191 Å². The van der Waals surface area contributed by atoms with Gasteiger partial charge in [-0.05, 0) is 189 Å². The van der Waals surface area contributed by atoms with E-state index in [1.165, 1.54) is 38.4 Å². The van der Waals surface area contributed by atoms with Gasteiger partial charge >= 0.3 is 11.9 Å². The second-order valence-electron chi connectivity index (χ2n) is 40.7. The number of carbonyl (C=O) groups excluding carboxylic acids is 2. The molecule has 0 aromatic heterocycles. The van der Waals surface area contributed by atoms with Crippen LogP contribution in [0.1, 0.15) is 257 Å². The van der Waals surface area contributed by atoms with Crippen molar-refractivity contribution in [2.24, 2.45) is 51.1 Å². The maximum Gasteiger partial charge on any atom is 0.306 e. The zero-order valence-electron chi connectivity index (χ0n) is 84.9. The number of carbonyl (C=O) groups is 2. The minimum atomic E-state index is -0.454. The SMILES string of the molecule is CC(C)(C)c1cc(N=Nc2ccccc2N)c(O)c(C(C)(C)C)c1.CC(C)(c1ccccc1)c1cc(N=Nc2ccccc2N)c(O)c(C(C)(C)c2ccccc2)c1.CCCCCCCCOC(=O)CCc1cc(N=Nc2ccccc2N)c(O)c(C(C)(C)C)c1.COC(=O)CCc1cc(N=Nc2ccccc2N)c(O)c(C(C)(C)C)c1.Cc1cc(N=Nc2cc(Cl)ccc2N)c(O)c(C(C)(C)C)c1. The molecule has 0 heterocycles. The molecule has 0 saturated carbocycles. The van der Waals surface area contributed by atoms with E-state index >= 15 is 0 Å². The fraction of sp³-hybridized carbons (Fsp3) is 0.351. The van der Waals surface area contributed by atoms with Crippen LogP contribution in [0, 0.1) is 6.92 Å². The molecule has 139 heavy (non-hydrogen) atoms. The summed E-state index contributed by atoms with van der Waals surface area (Å²) in [6.07, 6.45) is 8.49. The number of aromatic hydroxyl groups is 5. The zero-order chi connectivity index (χ0) is 103. The number of nitrogens with two attached hydrogens (primary N) is 5. The van der Waals surface area contributed by atoms with Crippen LogP contribution in [0.4, 0.5) is 85.3 Å². The van der Waals surface area contributed by atoms with Crippen LogP contribution in [-0.2, 0) is 69.8 Å². The van der Waals surface area contributed by atoms with Crippen LogP contribution < -0.4 is 28.7 Å². The Morgan fingerprint density at radius 3 is 1.00 bits per heavy atom. The number of phenolic OH excluding ortho intramolecular Hbond substituents is 5. The van der Waals surface area contributed by atoms with E-state index in [1.54, 1.807) is 78.9 Å². The van der Waals surface area contributed by atoms with Crippen molar-refractivity contribution in [2.45, 2.75) is 248 Å². The highest BCUT2D eigenvalue weighted by molar-refractivity contribution is 6.31.